The highest BCUT2D eigenvalue weighted by molar-refractivity contribution is 7.19. The van der Waals surface area contributed by atoms with Gasteiger partial charge >= 0.3 is 5.97 Å². The average Bonchev–Trinajstić information content (AvgIpc) is 2.97. The van der Waals surface area contributed by atoms with Crippen molar-refractivity contribution < 1.29 is 9.90 Å². The molecule has 0 atom stereocenters. The van der Waals surface area contributed by atoms with Crippen LogP contribution in [0.4, 0.5) is 0 Å². The van der Waals surface area contributed by atoms with Gasteiger partial charge in [-0.1, -0.05) is 48.1 Å². The minimum atomic E-state index is -0.839. The van der Waals surface area contributed by atoms with Gasteiger partial charge in [-0.05, 0) is 12.8 Å². The van der Waals surface area contributed by atoms with Gasteiger partial charge in [-0.2, -0.15) is 0 Å². The summed E-state index contributed by atoms with van der Waals surface area (Å²) < 4.78 is 1.99. The van der Waals surface area contributed by atoms with E-state index in [0.717, 1.165) is 34.8 Å². The van der Waals surface area contributed by atoms with E-state index in [9.17, 15) is 9.90 Å². The van der Waals surface area contributed by atoms with Crippen molar-refractivity contribution in [3.63, 3.8) is 0 Å². The van der Waals surface area contributed by atoms with Crippen molar-refractivity contribution >= 4 is 22.3 Å². The lowest BCUT2D eigenvalue weighted by atomic mass is 9.82. The highest BCUT2D eigenvalue weighted by atomic mass is 32.1. The Labute approximate surface area is 125 Å². The summed E-state index contributed by atoms with van der Waals surface area (Å²) in [4.78, 5) is 17.3. The Balaban J connectivity index is 1.89. The van der Waals surface area contributed by atoms with Crippen LogP contribution in [0, 0.1) is 0 Å². The first-order valence-electron chi connectivity index (χ1n) is 7.04. The molecule has 1 fully saturated rings. The van der Waals surface area contributed by atoms with Gasteiger partial charge in [0.05, 0.1) is 11.4 Å². The molecule has 3 aromatic rings. The molecule has 0 amide bonds. The Bertz CT molecular complexity index is 816. The van der Waals surface area contributed by atoms with Crippen LogP contribution in [0.5, 0.6) is 0 Å². The number of benzene rings is 1. The summed E-state index contributed by atoms with van der Waals surface area (Å²) in [5.74, 6) is -0.476. The number of thiazole rings is 1. The van der Waals surface area contributed by atoms with Crippen LogP contribution in [0.15, 0.2) is 36.5 Å². The average molecular weight is 298 g/mol. The Morgan fingerprint density at radius 2 is 2.05 bits per heavy atom. The molecule has 0 saturated heterocycles. The Hall–Kier alpha value is -2.14. The monoisotopic (exact) mass is 298 g/mol. The Morgan fingerprint density at radius 3 is 2.67 bits per heavy atom. The van der Waals surface area contributed by atoms with E-state index in [4.69, 9.17) is 0 Å². The highest BCUT2D eigenvalue weighted by Gasteiger charge is 2.30. The summed E-state index contributed by atoms with van der Waals surface area (Å²) in [7, 11) is 0. The number of rotatable bonds is 3. The van der Waals surface area contributed by atoms with Crippen LogP contribution in [0.3, 0.4) is 0 Å². The minimum absolute atomic E-state index is 0.364. The molecule has 1 N–H and O–H groups in total. The van der Waals surface area contributed by atoms with Crippen LogP contribution in [-0.4, -0.2) is 20.5 Å². The molecular weight excluding hydrogens is 284 g/mol. The van der Waals surface area contributed by atoms with E-state index in [2.05, 4.69) is 4.98 Å². The summed E-state index contributed by atoms with van der Waals surface area (Å²) in [5.41, 5.74) is 2.90. The van der Waals surface area contributed by atoms with Crippen LogP contribution >= 0.6 is 11.3 Å². The molecule has 0 unspecified atom stereocenters. The molecule has 106 valence electrons. The smallest absolute Gasteiger partial charge is 0.347 e. The first kappa shape index (κ1) is 12.6. The third-order valence-electron chi connectivity index (χ3n) is 4.11. The molecular formula is C16H14N2O2S. The fourth-order valence-electron chi connectivity index (χ4n) is 2.83. The fraction of sp³-hybridized carbons (Fsp3) is 0.250. The first-order chi connectivity index (χ1) is 10.2. The van der Waals surface area contributed by atoms with Crippen molar-refractivity contribution in [2.75, 3.05) is 0 Å². The lowest BCUT2D eigenvalue weighted by molar-refractivity contribution is 0.0699. The van der Waals surface area contributed by atoms with E-state index in [1.165, 1.54) is 17.8 Å². The molecule has 1 saturated carbocycles. The van der Waals surface area contributed by atoms with E-state index in [-0.39, 0.29) is 0 Å². The number of hydrogen-bond donors (Lipinski definition) is 1. The summed E-state index contributed by atoms with van der Waals surface area (Å²) >= 11 is 1.28. The van der Waals surface area contributed by atoms with Gasteiger partial charge in [0.2, 0.25) is 0 Å². The molecule has 4 rings (SSSR count). The number of aromatic nitrogens is 2. The predicted octanol–water partition coefficient (Wildman–Crippen LogP) is 4.03. The van der Waals surface area contributed by atoms with Gasteiger partial charge < -0.3 is 5.11 Å². The van der Waals surface area contributed by atoms with Crippen LogP contribution in [-0.2, 0) is 0 Å². The van der Waals surface area contributed by atoms with Gasteiger partial charge in [-0.3, -0.25) is 4.40 Å². The molecule has 0 spiro atoms. The van der Waals surface area contributed by atoms with Crippen LogP contribution < -0.4 is 0 Å². The van der Waals surface area contributed by atoms with E-state index in [1.807, 2.05) is 40.9 Å². The third kappa shape index (κ3) is 1.96. The zero-order chi connectivity index (χ0) is 14.4. The van der Waals surface area contributed by atoms with Crippen molar-refractivity contribution in [1.82, 2.24) is 9.38 Å². The van der Waals surface area contributed by atoms with E-state index in [0.29, 0.717) is 10.8 Å². The molecule has 2 aromatic heterocycles. The molecule has 4 nitrogen and oxygen atoms in total. The molecule has 0 radical (unpaired) electrons. The quantitative estimate of drug-likeness (QED) is 0.794. The molecule has 1 aliphatic rings. The maximum absolute atomic E-state index is 11.5. The standard InChI is InChI=1S/C16H14N2O2S/c19-15(20)14-13(11-7-4-8-11)18-9-12(17-16(18)21-14)10-5-2-1-3-6-10/h1-3,5-6,9,11H,4,7-8H2,(H,19,20). The number of aromatic carboxylic acids is 1. The lowest BCUT2D eigenvalue weighted by Crippen LogP contribution is -2.14. The van der Waals surface area contributed by atoms with Crippen molar-refractivity contribution in [3.05, 3.63) is 47.1 Å². The summed E-state index contributed by atoms with van der Waals surface area (Å²) in [5, 5.41) is 9.41. The molecule has 21 heavy (non-hydrogen) atoms. The SMILES string of the molecule is O=C(O)c1sc2nc(-c3ccccc3)cn2c1C1CCC1. The molecule has 1 aliphatic carbocycles. The molecule has 5 heteroatoms. The first-order valence-corrected chi connectivity index (χ1v) is 7.86. The molecule has 0 aliphatic heterocycles. The van der Waals surface area contributed by atoms with Crippen LogP contribution in [0.2, 0.25) is 0 Å². The number of hydrogen-bond acceptors (Lipinski definition) is 3. The summed E-state index contributed by atoms with van der Waals surface area (Å²) in [6.07, 6.45) is 5.30. The largest absolute Gasteiger partial charge is 0.477 e. The Kier molecular flexibility index (Phi) is 2.82. The van der Waals surface area contributed by atoms with Gasteiger partial charge in [0, 0.05) is 17.7 Å². The highest BCUT2D eigenvalue weighted by Crippen LogP contribution is 2.41. The van der Waals surface area contributed by atoms with Crippen molar-refractivity contribution in [2.24, 2.45) is 0 Å². The summed E-state index contributed by atoms with van der Waals surface area (Å²) in [6, 6.07) is 9.99. The molecule has 2 heterocycles. The second-order valence-electron chi connectivity index (χ2n) is 5.39. The fourth-order valence-corrected chi connectivity index (χ4v) is 3.86. The van der Waals surface area contributed by atoms with Crippen molar-refractivity contribution in [3.8, 4) is 11.3 Å². The van der Waals surface area contributed by atoms with E-state index >= 15 is 0 Å². The van der Waals surface area contributed by atoms with E-state index in [1.54, 1.807) is 0 Å². The topological polar surface area (TPSA) is 54.6 Å². The summed E-state index contributed by atoms with van der Waals surface area (Å²) in [6.45, 7) is 0. The van der Waals surface area contributed by atoms with Gasteiger partial charge in [-0.15, -0.1) is 0 Å². The predicted molar refractivity (Wildman–Crippen MR) is 82.1 cm³/mol. The normalized spacial score (nSPS) is 15.2. The maximum Gasteiger partial charge on any atom is 0.347 e. The maximum atomic E-state index is 11.5. The third-order valence-corrected chi connectivity index (χ3v) is 5.17. The number of nitrogens with zero attached hydrogens (tertiary/aromatic N) is 2. The number of carboxylic acid groups (broad SMARTS) is 1. The lowest BCUT2D eigenvalue weighted by Gasteiger charge is -2.25. The number of carboxylic acids is 1. The molecule has 0 bridgehead atoms. The van der Waals surface area contributed by atoms with Gasteiger partial charge in [0.1, 0.15) is 4.88 Å². The van der Waals surface area contributed by atoms with E-state index < -0.39 is 5.97 Å². The second kappa shape index (κ2) is 4.70. The van der Waals surface area contributed by atoms with Crippen molar-refractivity contribution in [2.45, 2.75) is 25.2 Å². The second-order valence-corrected chi connectivity index (χ2v) is 6.37. The Morgan fingerprint density at radius 1 is 1.29 bits per heavy atom. The zero-order valence-electron chi connectivity index (χ0n) is 11.3. The van der Waals surface area contributed by atoms with Crippen molar-refractivity contribution in [1.29, 1.82) is 0 Å². The molecule has 1 aromatic carbocycles. The number of fused-ring (bicyclic) bond motifs is 1. The minimum Gasteiger partial charge on any atom is -0.477 e. The number of imidazole rings is 1. The van der Waals surface area contributed by atoms with Crippen LogP contribution in [0.25, 0.3) is 16.2 Å². The van der Waals surface area contributed by atoms with Gasteiger partial charge in [-0.25, -0.2) is 9.78 Å². The number of carbonyl (C=O) groups is 1. The van der Waals surface area contributed by atoms with Gasteiger partial charge in [0.15, 0.2) is 4.96 Å². The van der Waals surface area contributed by atoms with Gasteiger partial charge in [0.25, 0.3) is 0 Å². The zero-order valence-corrected chi connectivity index (χ0v) is 12.1. The van der Waals surface area contributed by atoms with Crippen LogP contribution in [0.1, 0.15) is 40.5 Å².